The predicted octanol–water partition coefficient (Wildman–Crippen LogP) is 6.15. The largest absolute Gasteiger partial charge is 0.481 e. The summed E-state index contributed by atoms with van der Waals surface area (Å²) in [5.41, 5.74) is 5.76. The molecule has 0 saturated heterocycles. The molecule has 1 heterocycles. The summed E-state index contributed by atoms with van der Waals surface area (Å²) in [4.78, 5) is 23.8. The smallest absolute Gasteiger partial charge is 0.306 e. The predicted molar refractivity (Wildman–Crippen MR) is 133 cm³/mol. The van der Waals surface area contributed by atoms with Gasteiger partial charge in [0, 0.05) is 13.0 Å². The third-order valence-corrected chi connectivity index (χ3v) is 8.31. The molecule has 1 saturated carbocycles. The van der Waals surface area contributed by atoms with Gasteiger partial charge in [-0.25, -0.2) is 0 Å². The number of benzene rings is 1. The van der Waals surface area contributed by atoms with Gasteiger partial charge in [-0.3, -0.25) is 9.59 Å². The monoisotopic (exact) mass is 465 g/mol. The second kappa shape index (κ2) is 9.24. The first-order chi connectivity index (χ1) is 16.0. The zero-order chi connectivity index (χ0) is 24.7. The molecule has 0 radical (unpaired) electrons. The van der Waals surface area contributed by atoms with E-state index < -0.39 is 5.97 Å². The fraction of sp³-hybridized carbons (Fsp3) is 0.586. The van der Waals surface area contributed by atoms with Crippen molar-refractivity contribution < 1.29 is 19.1 Å². The molecule has 0 spiro atoms. The van der Waals surface area contributed by atoms with E-state index in [-0.39, 0.29) is 22.7 Å². The molecule has 5 heteroatoms. The molecule has 1 fully saturated rings. The van der Waals surface area contributed by atoms with Crippen LogP contribution in [-0.4, -0.2) is 23.5 Å². The van der Waals surface area contributed by atoms with Gasteiger partial charge in [-0.1, -0.05) is 39.8 Å². The number of carboxylic acids is 1. The van der Waals surface area contributed by atoms with Crippen LogP contribution in [0.2, 0.25) is 0 Å². The Hall–Kier alpha value is -2.56. The quantitative estimate of drug-likeness (QED) is 0.536. The summed E-state index contributed by atoms with van der Waals surface area (Å²) in [5.74, 6) is 0.334. The molecule has 1 aromatic carbocycles. The molecule has 0 bridgehead atoms. The molecule has 4 rings (SSSR count). The number of nitrogens with one attached hydrogen (secondary N) is 1. The zero-order valence-electron chi connectivity index (χ0n) is 21.3. The van der Waals surface area contributed by atoms with Crippen molar-refractivity contribution >= 4 is 11.9 Å². The summed E-state index contributed by atoms with van der Waals surface area (Å²) in [6.07, 6.45) is 6.10. The minimum atomic E-state index is -0.702. The maximum atomic E-state index is 12.6. The maximum absolute atomic E-state index is 12.6. The number of carboxylic acid groups (broad SMARTS) is 1. The Balaban J connectivity index is 1.40. The Bertz CT molecular complexity index is 1070. The van der Waals surface area contributed by atoms with E-state index in [9.17, 15) is 9.59 Å². The number of hydrogen-bond acceptors (Lipinski definition) is 3. The highest BCUT2D eigenvalue weighted by molar-refractivity contribution is 5.91. The van der Waals surface area contributed by atoms with Crippen molar-refractivity contribution in [3.8, 4) is 0 Å². The van der Waals surface area contributed by atoms with E-state index in [2.05, 4.69) is 52.1 Å². The Kier molecular flexibility index (Phi) is 6.67. The van der Waals surface area contributed by atoms with Crippen LogP contribution in [0.25, 0.3) is 0 Å². The molecule has 2 N–H and O–H groups in total. The summed E-state index contributed by atoms with van der Waals surface area (Å²) >= 11 is 0. The van der Waals surface area contributed by atoms with Crippen LogP contribution in [-0.2, 0) is 22.0 Å². The van der Waals surface area contributed by atoms with Crippen molar-refractivity contribution in [2.45, 2.75) is 90.4 Å². The standard InChI is InChI=1S/C29H39NO4/c1-18-14-23-24(29(4,5)13-12-28(23,2)3)16-21(18)15-22-10-11-25(34-22)26(31)30-17-19-6-8-20(9-7-19)27(32)33/h10-11,14,16,19-20H,6-9,12-13,15,17H2,1-5H3,(H,30,31)(H,32,33). The van der Waals surface area contributed by atoms with Gasteiger partial charge in [0.15, 0.2) is 5.76 Å². The molecule has 1 amide bonds. The van der Waals surface area contributed by atoms with E-state index in [1.54, 1.807) is 6.07 Å². The lowest BCUT2D eigenvalue weighted by Gasteiger charge is -2.42. The summed E-state index contributed by atoms with van der Waals surface area (Å²) in [5, 5.41) is 12.1. The first-order valence-corrected chi connectivity index (χ1v) is 12.7. The summed E-state index contributed by atoms with van der Waals surface area (Å²) in [7, 11) is 0. The number of aliphatic carboxylic acids is 1. The Morgan fingerprint density at radius 3 is 2.24 bits per heavy atom. The lowest BCUT2D eigenvalue weighted by Crippen LogP contribution is -2.34. The molecular weight excluding hydrogens is 426 g/mol. The zero-order valence-corrected chi connectivity index (χ0v) is 21.3. The Labute approximate surface area is 203 Å². The van der Waals surface area contributed by atoms with Gasteiger partial charge in [-0.2, -0.15) is 0 Å². The van der Waals surface area contributed by atoms with E-state index in [0.29, 0.717) is 37.5 Å². The third kappa shape index (κ3) is 5.08. The molecule has 0 aliphatic heterocycles. The highest BCUT2D eigenvalue weighted by Crippen LogP contribution is 2.46. The normalized spacial score (nSPS) is 23.2. The van der Waals surface area contributed by atoms with Crippen molar-refractivity contribution in [2.24, 2.45) is 11.8 Å². The first kappa shape index (κ1) is 24.6. The van der Waals surface area contributed by atoms with E-state index in [4.69, 9.17) is 9.52 Å². The van der Waals surface area contributed by atoms with Gasteiger partial charge < -0.3 is 14.8 Å². The van der Waals surface area contributed by atoms with E-state index in [1.807, 2.05) is 6.07 Å². The van der Waals surface area contributed by atoms with Gasteiger partial charge in [0.1, 0.15) is 5.76 Å². The molecule has 1 aromatic heterocycles. The van der Waals surface area contributed by atoms with Crippen LogP contribution in [0.3, 0.4) is 0 Å². The number of carbonyl (C=O) groups excluding carboxylic acids is 1. The van der Waals surface area contributed by atoms with Crippen LogP contribution < -0.4 is 5.32 Å². The minimum Gasteiger partial charge on any atom is -0.481 e. The number of fused-ring (bicyclic) bond motifs is 1. The minimum absolute atomic E-state index is 0.158. The average Bonchev–Trinajstić information content (AvgIpc) is 3.25. The second-order valence-corrected chi connectivity index (χ2v) is 11.8. The molecule has 34 heavy (non-hydrogen) atoms. The van der Waals surface area contributed by atoms with E-state index >= 15 is 0 Å². The van der Waals surface area contributed by atoms with Gasteiger partial charge in [-0.15, -0.1) is 0 Å². The van der Waals surface area contributed by atoms with E-state index in [0.717, 1.165) is 18.6 Å². The van der Waals surface area contributed by atoms with Crippen LogP contribution >= 0.6 is 0 Å². The van der Waals surface area contributed by atoms with Crippen molar-refractivity contribution in [2.75, 3.05) is 6.54 Å². The molecule has 2 aliphatic rings. The van der Waals surface area contributed by atoms with Crippen molar-refractivity contribution in [3.63, 3.8) is 0 Å². The van der Waals surface area contributed by atoms with Crippen molar-refractivity contribution in [1.29, 1.82) is 0 Å². The van der Waals surface area contributed by atoms with Crippen molar-refractivity contribution in [3.05, 3.63) is 58.0 Å². The van der Waals surface area contributed by atoms with E-state index in [1.165, 1.54) is 35.1 Å². The van der Waals surface area contributed by atoms with Crippen molar-refractivity contribution in [1.82, 2.24) is 5.32 Å². The van der Waals surface area contributed by atoms with Gasteiger partial charge in [0.2, 0.25) is 0 Å². The molecule has 2 aliphatic carbocycles. The highest BCUT2D eigenvalue weighted by atomic mass is 16.4. The number of rotatable bonds is 6. The van der Waals surface area contributed by atoms with Crippen LogP contribution in [0.15, 0.2) is 28.7 Å². The molecule has 2 aromatic rings. The van der Waals surface area contributed by atoms with Crippen LogP contribution in [0.4, 0.5) is 0 Å². The summed E-state index contributed by atoms with van der Waals surface area (Å²) in [6.45, 7) is 12.1. The molecule has 5 nitrogen and oxygen atoms in total. The number of hydrogen-bond donors (Lipinski definition) is 2. The highest BCUT2D eigenvalue weighted by Gasteiger charge is 2.37. The molecule has 184 valence electrons. The average molecular weight is 466 g/mol. The summed E-state index contributed by atoms with van der Waals surface area (Å²) < 4.78 is 5.94. The fourth-order valence-corrected chi connectivity index (χ4v) is 5.68. The van der Waals surface area contributed by atoms with Crippen LogP contribution in [0.5, 0.6) is 0 Å². The molecular formula is C29H39NO4. The SMILES string of the molecule is Cc1cc2c(cc1Cc1ccc(C(=O)NCC3CCC(C(=O)O)CC3)o1)C(C)(C)CCC2(C)C. The molecule has 0 atom stereocenters. The number of carbonyl (C=O) groups is 2. The van der Waals surface area contributed by atoms with Gasteiger partial charge in [0.25, 0.3) is 5.91 Å². The first-order valence-electron chi connectivity index (χ1n) is 12.7. The molecule has 0 unspecified atom stereocenters. The maximum Gasteiger partial charge on any atom is 0.306 e. The van der Waals surface area contributed by atoms with Crippen LogP contribution in [0.1, 0.15) is 105 Å². The number of aryl methyl sites for hydroxylation is 1. The Morgan fingerprint density at radius 2 is 1.62 bits per heavy atom. The fourth-order valence-electron chi connectivity index (χ4n) is 5.68. The number of amides is 1. The van der Waals surface area contributed by atoms with Gasteiger partial charge in [-0.05, 0) is 96.6 Å². The summed E-state index contributed by atoms with van der Waals surface area (Å²) in [6, 6.07) is 8.39. The Morgan fingerprint density at radius 1 is 1.00 bits per heavy atom. The lowest BCUT2D eigenvalue weighted by molar-refractivity contribution is -0.143. The number of furan rings is 1. The third-order valence-electron chi connectivity index (χ3n) is 8.31. The topological polar surface area (TPSA) is 79.5 Å². The van der Waals surface area contributed by atoms with Gasteiger partial charge in [0.05, 0.1) is 5.92 Å². The van der Waals surface area contributed by atoms with Gasteiger partial charge >= 0.3 is 5.97 Å². The second-order valence-electron chi connectivity index (χ2n) is 11.8. The van der Waals surface area contributed by atoms with Crippen LogP contribution in [0, 0.1) is 18.8 Å². The lowest BCUT2D eigenvalue weighted by atomic mass is 9.62.